The summed E-state index contributed by atoms with van der Waals surface area (Å²) in [7, 11) is 1.89. The van der Waals surface area contributed by atoms with Crippen LogP contribution in [0.2, 0.25) is 0 Å². The Bertz CT molecular complexity index is 599. The summed E-state index contributed by atoms with van der Waals surface area (Å²) >= 11 is 0. The third kappa shape index (κ3) is 3.99. The van der Waals surface area contributed by atoms with Crippen molar-refractivity contribution in [2.45, 2.75) is 32.2 Å². The van der Waals surface area contributed by atoms with Gasteiger partial charge in [0.05, 0.1) is 0 Å². The summed E-state index contributed by atoms with van der Waals surface area (Å²) in [6, 6.07) is 9.45. The lowest BCUT2D eigenvalue weighted by Gasteiger charge is -2.26. The third-order valence-corrected chi connectivity index (χ3v) is 5.22. The molecule has 2 atom stereocenters. The Morgan fingerprint density at radius 1 is 1.33 bits per heavy atom. The number of guanidine groups is 1. The van der Waals surface area contributed by atoms with Crippen LogP contribution in [0.25, 0.3) is 0 Å². The van der Waals surface area contributed by atoms with Crippen LogP contribution in [-0.2, 0) is 0 Å². The van der Waals surface area contributed by atoms with E-state index in [0.717, 1.165) is 38.7 Å². The van der Waals surface area contributed by atoms with E-state index in [1.807, 2.05) is 7.05 Å². The summed E-state index contributed by atoms with van der Waals surface area (Å²) in [5.74, 6) is 1.52. The Balaban J connectivity index is 1.52. The zero-order valence-corrected chi connectivity index (χ0v) is 15.2. The molecule has 1 aromatic rings. The SMILES string of the molecule is CN=C(NCC(C)c1cccc(C)c1)N1CCC(N2CC=CC2)C1. The number of aliphatic imine (C=N–C) groups is 1. The molecule has 0 bridgehead atoms. The van der Waals surface area contributed by atoms with Gasteiger partial charge in [-0.15, -0.1) is 0 Å². The van der Waals surface area contributed by atoms with E-state index >= 15 is 0 Å². The molecule has 24 heavy (non-hydrogen) atoms. The van der Waals surface area contributed by atoms with Gasteiger partial charge in [0.25, 0.3) is 0 Å². The van der Waals surface area contributed by atoms with E-state index in [-0.39, 0.29) is 0 Å². The van der Waals surface area contributed by atoms with Gasteiger partial charge in [-0.05, 0) is 24.8 Å². The van der Waals surface area contributed by atoms with Gasteiger partial charge < -0.3 is 10.2 Å². The van der Waals surface area contributed by atoms with Gasteiger partial charge in [-0.2, -0.15) is 0 Å². The highest BCUT2D eigenvalue weighted by Gasteiger charge is 2.29. The zero-order valence-electron chi connectivity index (χ0n) is 15.2. The van der Waals surface area contributed by atoms with Gasteiger partial charge in [0, 0.05) is 45.8 Å². The maximum atomic E-state index is 4.51. The second-order valence-corrected chi connectivity index (χ2v) is 7.06. The van der Waals surface area contributed by atoms with Gasteiger partial charge >= 0.3 is 0 Å². The first kappa shape index (κ1) is 17.0. The summed E-state index contributed by atoms with van der Waals surface area (Å²) in [6.45, 7) is 9.74. The molecule has 130 valence electrons. The van der Waals surface area contributed by atoms with Gasteiger partial charge in [0.15, 0.2) is 5.96 Å². The molecule has 4 nitrogen and oxygen atoms in total. The highest BCUT2D eigenvalue weighted by Crippen LogP contribution is 2.19. The summed E-state index contributed by atoms with van der Waals surface area (Å²) in [6.07, 6.45) is 5.79. The molecule has 0 aromatic heterocycles. The number of benzene rings is 1. The Morgan fingerprint density at radius 2 is 2.12 bits per heavy atom. The Morgan fingerprint density at radius 3 is 2.83 bits per heavy atom. The molecule has 2 aliphatic rings. The van der Waals surface area contributed by atoms with Crippen molar-refractivity contribution in [2.24, 2.45) is 4.99 Å². The third-order valence-electron chi connectivity index (χ3n) is 5.22. The van der Waals surface area contributed by atoms with Crippen LogP contribution in [0.5, 0.6) is 0 Å². The first-order chi connectivity index (χ1) is 11.7. The molecule has 1 saturated heterocycles. The molecule has 0 spiro atoms. The van der Waals surface area contributed by atoms with Crippen molar-refractivity contribution in [3.05, 3.63) is 47.5 Å². The van der Waals surface area contributed by atoms with E-state index in [1.54, 1.807) is 0 Å². The van der Waals surface area contributed by atoms with Crippen molar-refractivity contribution in [2.75, 3.05) is 39.8 Å². The summed E-state index contributed by atoms with van der Waals surface area (Å²) in [5.41, 5.74) is 2.71. The topological polar surface area (TPSA) is 30.9 Å². The maximum absolute atomic E-state index is 4.51. The fraction of sp³-hybridized carbons (Fsp3) is 0.550. The Kier molecular flexibility index (Phi) is 5.56. The number of nitrogens with one attached hydrogen (secondary N) is 1. The van der Waals surface area contributed by atoms with Crippen LogP contribution in [-0.4, -0.2) is 61.6 Å². The number of likely N-dealkylation sites (tertiary alicyclic amines) is 1. The largest absolute Gasteiger partial charge is 0.356 e. The molecule has 0 amide bonds. The lowest BCUT2D eigenvalue weighted by atomic mass is 9.99. The Hall–Kier alpha value is -1.81. The van der Waals surface area contributed by atoms with Crippen molar-refractivity contribution < 1.29 is 0 Å². The minimum Gasteiger partial charge on any atom is -0.356 e. The molecule has 0 aliphatic carbocycles. The number of rotatable bonds is 4. The van der Waals surface area contributed by atoms with Crippen LogP contribution < -0.4 is 5.32 Å². The maximum Gasteiger partial charge on any atom is 0.193 e. The molecule has 1 N–H and O–H groups in total. The summed E-state index contributed by atoms with van der Waals surface area (Å²) in [4.78, 5) is 9.48. The first-order valence-corrected chi connectivity index (χ1v) is 9.08. The lowest BCUT2D eigenvalue weighted by molar-refractivity contribution is 0.259. The standard InChI is InChI=1S/C20H30N4/c1-16-7-6-8-18(13-16)17(2)14-22-20(21-3)24-12-9-19(15-24)23-10-4-5-11-23/h4-8,13,17,19H,9-12,14-15H2,1-3H3,(H,21,22). The Labute approximate surface area is 146 Å². The number of hydrogen-bond acceptors (Lipinski definition) is 2. The van der Waals surface area contributed by atoms with E-state index < -0.39 is 0 Å². The normalized spacial score (nSPS) is 23.0. The quantitative estimate of drug-likeness (QED) is 0.524. The minimum atomic E-state index is 0.475. The van der Waals surface area contributed by atoms with E-state index in [0.29, 0.717) is 12.0 Å². The van der Waals surface area contributed by atoms with Gasteiger partial charge in [-0.25, -0.2) is 0 Å². The molecular weight excluding hydrogens is 296 g/mol. The molecule has 2 unspecified atom stereocenters. The average Bonchev–Trinajstić information content (AvgIpc) is 3.26. The van der Waals surface area contributed by atoms with E-state index in [9.17, 15) is 0 Å². The molecule has 1 aromatic carbocycles. The fourth-order valence-electron chi connectivity index (χ4n) is 3.70. The van der Waals surface area contributed by atoms with Gasteiger partial charge in [-0.1, -0.05) is 48.9 Å². The van der Waals surface area contributed by atoms with Crippen LogP contribution in [0.4, 0.5) is 0 Å². The van der Waals surface area contributed by atoms with Gasteiger partial charge in [0.2, 0.25) is 0 Å². The molecule has 1 fully saturated rings. The molecule has 3 rings (SSSR count). The first-order valence-electron chi connectivity index (χ1n) is 9.08. The number of hydrogen-bond donors (Lipinski definition) is 1. The fourth-order valence-corrected chi connectivity index (χ4v) is 3.70. The second kappa shape index (κ2) is 7.84. The van der Waals surface area contributed by atoms with Crippen molar-refractivity contribution >= 4 is 5.96 Å². The summed E-state index contributed by atoms with van der Waals surface area (Å²) < 4.78 is 0. The van der Waals surface area contributed by atoms with E-state index in [2.05, 4.69) is 70.4 Å². The van der Waals surface area contributed by atoms with E-state index in [1.165, 1.54) is 17.5 Å². The molecule has 2 heterocycles. The smallest absolute Gasteiger partial charge is 0.193 e. The number of nitrogens with zero attached hydrogens (tertiary/aromatic N) is 3. The van der Waals surface area contributed by atoms with Crippen molar-refractivity contribution in [1.82, 2.24) is 15.1 Å². The predicted octanol–water partition coefficient (Wildman–Crippen LogP) is 2.62. The number of aryl methyl sites for hydroxylation is 1. The van der Waals surface area contributed by atoms with Crippen LogP contribution in [0.15, 0.2) is 41.4 Å². The molecule has 0 radical (unpaired) electrons. The van der Waals surface area contributed by atoms with Gasteiger partial charge in [-0.3, -0.25) is 9.89 Å². The highest BCUT2D eigenvalue weighted by molar-refractivity contribution is 5.80. The minimum absolute atomic E-state index is 0.475. The monoisotopic (exact) mass is 326 g/mol. The van der Waals surface area contributed by atoms with Crippen LogP contribution in [0, 0.1) is 6.92 Å². The lowest BCUT2D eigenvalue weighted by Crippen LogP contribution is -2.43. The molecule has 4 heteroatoms. The van der Waals surface area contributed by atoms with Crippen molar-refractivity contribution in [3.8, 4) is 0 Å². The zero-order chi connectivity index (χ0) is 16.9. The molecule has 0 saturated carbocycles. The average molecular weight is 326 g/mol. The second-order valence-electron chi connectivity index (χ2n) is 7.06. The highest BCUT2D eigenvalue weighted by atomic mass is 15.3. The van der Waals surface area contributed by atoms with Crippen molar-refractivity contribution in [3.63, 3.8) is 0 Å². The van der Waals surface area contributed by atoms with Crippen molar-refractivity contribution in [1.29, 1.82) is 0 Å². The van der Waals surface area contributed by atoms with Crippen LogP contribution >= 0.6 is 0 Å². The van der Waals surface area contributed by atoms with E-state index in [4.69, 9.17) is 0 Å². The van der Waals surface area contributed by atoms with Crippen LogP contribution in [0.3, 0.4) is 0 Å². The summed E-state index contributed by atoms with van der Waals surface area (Å²) in [5, 5.41) is 3.58. The van der Waals surface area contributed by atoms with Gasteiger partial charge in [0.1, 0.15) is 0 Å². The molecular formula is C20H30N4. The molecule has 2 aliphatic heterocycles. The van der Waals surface area contributed by atoms with Crippen LogP contribution in [0.1, 0.15) is 30.4 Å². The predicted molar refractivity (Wildman–Crippen MR) is 102 cm³/mol.